The summed E-state index contributed by atoms with van der Waals surface area (Å²) in [5.41, 5.74) is 0.374. The van der Waals surface area contributed by atoms with E-state index in [1.165, 1.54) is 25.3 Å². The molecule has 0 saturated carbocycles. The SMILES string of the molecule is COc1cc(C(=O)NC(CCCl)C(C)C)ccc1F. The second-order valence-electron chi connectivity index (χ2n) is 4.65. The summed E-state index contributed by atoms with van der Waals surface area (Å²) in [6.07, 6.45) is 0.698. The Hall–Kier alpha value is -1.29. The lowest BCUT2D eigenvalue weighted by molar-refractivity contribution is 0.0924. The van der Waals surface area contributed by atoms with Crippen molar-refractivity contribution in [1.82, 2.24) is 5.32 Å². The van der Waals surface area contributed by atoms with Crippen LogP contribution in [0.3, 0.4) is 0 Å². The minimum Gasteiger partial charge on any atom is -0.494 e. The van der Waals surface area contributed by atoms with E-state index in [0.717, 1.165) is 0 Å². The van der Waals surface area contributed by atoms with Gasteiger partial charge in [-0.15, -0.1) is 11.6 Å². The maximum absolute atomic E-state index is 13.3. The number of benzene rings is 1. The average molecular weight is 288 g/mol. The molecule has 5 heteroatoms. The molecule has 1 aromatic rings. The van der Waals surface area contributed by atoms with Gasteiger partial charge in [0.25, 0.3) is 5.91 Å². The number of rotatable bonds is 6. The molecular weight excluding hydrogens is 269 g/mol. The molecule has 19 heavy (non-hydrogen) atoms. The lowest BCUT2D eigenvalue weighted by atomic mass is 10.0. The summed E-state index contributed by atoms with van der Waals surface area (Å²) in [6.45, 7) is 4.03. The van der Waals surface area contributed by atoms with Crippen molar-refractivity contribution in [2.75, 3.05) is 13.0 Å². The molecule has 106 valence electrons. The number of nitrogens with one attached hydrogen (secondary N) is 1. The fourth-order valence-electron chi connectivity index (χ4n) is 1.74. The normalized spacial score (nSPS) is 12.3. The highest BCUT2D eigenvalue weighted by atomic mass is 35.5. The van der Waals surface area contributed by atoms with E-state index in [1.807, 2.05) is 13.8 Å². The van der Waals surface area contributed by atoms with Crippen LogP contribution in [0.2, 0.25) is 0 Å². The first-order valence-corrected chi connectivity index (χ1v) is 6.73. The summed E-state index contributed by atoms with van der Waals surface area (Å²) in [6, 6.07) is 4.05. The Labute approximate surface area is 118 Å². The van der Waals surface area contributed by atoms with Gasteiger partial charge in [-0.25, -0.2) is 4.39 Å². The summed E-state index contributed by atoms with van der Waals surface area (Å²) in [5.74, 6) is 0.0917. The van der Waals surface area contributed by atoms with Crippen LogP contribution in [0.4, 0.5) is 4.39 Å². The number of alkyl halides is 1. The fraction of sp³-hybridized carbons (Fsp3) is 0.500. The third-order valence-corrected chi connectivity index (χ3v) is 3.17. The van der Waals surface area contributed by atoms with Gasteiger partial charge in [-0.2, -0.15) is 0 Å². The lowest BCUT2D eigenvalue weighted by Gasteiger charge is -2.21. The van der Waals surface area contributed by atoms with Gasteiger partial charge in [0.15, 0.2) is 11.6 Å². The molecule has 0 aliphatic heterocycles. The summed E-state index contributed by atoms with van der Waals surface area (Å²) >= 11 is 5.72. The van der Waals surface area contributed by atoms with Crippen LogP contribution >= 0.6 is 11.6 Å². The molecule has 0 spiro atoms. The van der Waals surface area contributed by atoms with E-state index in [4.69, 9.17) is 16.3 Å². The molecule has 0 bridgehead atoms. The van der Waals surface area contributed by atoms with E-state index in [9.17, 15) is 9.18 Å². The zero-order chi connectivity index (χ0) is 14.4. The predicted octanol–water partition coefficient (Wildman–Crippen LogP) is 3.22. The van der Waals surface area contributed by atoms with E-state index in [0.29, 0.717) is 17.9 Å². The van der Waals surface area contributed by atoms with Gasteiger partial charge in [-0.1, -0.05) is 13.8 Å². The highest BCUT2D eigenvalue weighted by molar-refractivity contribution is 6.17. The zero-order valence-electron chi connectivity index (χ0n) is 11.4. The van der Waals surface area contributed by atoms with Gasteiger partial charge < -0.3 is 10.1 Å². The van der Waals surface area contributed by atoms with Crippen molar-refractivity contribution in [3.8, 4) is 5.75 Å². The molecule has 1 amide bonds. The van der Waals surface area contributed by atoms with Gasteiger partial charge in [0.05, 0.1) is 7.11 Å². The van der Waals surface area contributed by atoms with Crippen LogP contribution in [0.15, 0.2) is 18.2 Å². The van der Waals surface area contributed by atoms with E-state index in [1.54, 1.807) is 0 Å². The molecule has 1 atom stereocenters. The van der Waals surface area contributed by atoms with Gasteiger partial charge in [0, 0.05) is 17.5 Å². The number of hydrogen-bond donors (Lipinski definition) is 1. The lowest BCUT2D eigenvalue weighted by Crippen LogP contribution is -2.38. The summed E-state index contributed by atoms with van der Waals surface area (Å²) in [4.78, 5) is 12.1. The maximum atomic E-state index is 13.3. The van der Waals surface area contributed by atoms with E-state index in [2.05, 4.69) is 5.32 Å². The van der Waals surface area contributed by atoms with Gasteiger partial charge in [-0.3, -0.25) is 4.79 Å². The van der Waals surface area contributed by atoms with Crippen LogP contribution in [0.1, 0.15) is 30.6 Å². The number of hydrogen-bond acceptors (Lipinski definition) is 2. The van der Waals surface area contributed by atoms with Crippen molar-refractivity contribution in [2.24, 2.45) is 5.92 Å². The Bertz CT molecular complexity index is 437. The van der Waals surface area contributed by atoms with E-state index in [-0.39, 0.29) is 23.6 Å². The van der Waals surface area contributed by atoms with Crippen molar-refractivity contribution >= 4 is 17.5 Å². The molecule has 1 rings (SSSR count). The first kappa shape index (κ1) is 15.8. The second kappa shape index (κ2) is 7.34. The summed E-state index contributed by atoms with van der Waals surface area (Å²) < 4.78 is 18.1. The molecule has 0 aliphatic rings. The largest absolute Gasteiger partial charge is 0.494 e. The number of carbonyl (C=O) groups is 1. The first-order chi connectivity index (χ1) is 8.99. The molecule has 0 saturated heterocycles. The standard InChI is InChI=1S/C14H19ClFNO2/c1-9(2)12(6-7-15)17-14(18)10-4-5-11(16)13(8-10)19-3/h4-5,8-9,12H,6-7H2,1-3H3,(H,17,18). The first-order valence-electron chi connectivity index (χ1n) is 6.20. The minimum atomic E-state index is -0.486. The number of halogens is 2. The Morgan fingerprint density at radius 1 is 1.47 bits per heavy atom. The van der Waals surface area contributed by atoms with Gasteiger partial charge in [0.2, 0.25) is 0 Å². The third kappa shape index (κ3) is 4.39. The second-order valence-corrected chi connectivity index (χ2v) is 5.03. The molecule has 0 aromatic heterocycles. The number of methoxy groups -OCH3 is 1. The monoisotopic (exact) mass is 287 g/mol. The molecule has 0 fully saturated rings. The van der Waals surface area contributed by atoms with E-state index >= 15 is 0 Å². The van der Waals surface area contributed by atoms with Gasteiger partial charge in [-0.05, 0) is 30.5 Å². The van der Waals surface area contributed by atoms with Gasteiger partial charge in [0.1, 0.15) is 0 Å². The maximum Gasteiger partial charge on any atom is 0.251 e. The smallest absolute Gasteiger partial charge is 0.251 e. The molecule has 0 radical (unpaired) electrons. The van der Waals surface area contributed by atoms with Crippen molar-refractivity contribution in [3.05, 3.63) is 29.6 Å². The molecule has 0 aliphatic carbocycles. The zero-order valence-corrected chi connectivity index (χ0v) is 12.1. The van der Waals surface area contributed by atoms with Crippen LogP contribution in [0, 0.1) is 11.7 Å². The highest BCUT2D eigenvalue weighted by Crippen LogP contribution is 2.18. The van der Waals surface area contributed by atoms with Crippen molar-refractivity contribution < 1.29 is 13.9 Å². The number of ether oxygens (including phenoxy) is 1. The molecule has 1 N–H and O–H groups in total. The quantitative estimate of drug-likeness (QED) is 0.816. The third-order valence-electron chi connectivity index (χ3n) is 2.95. The molecule has 0 heterocycles. The average Bonchev–Trinajstić information content (AvgIpc) is 2.38. The molecule has 1 aromatic carbocycles. The number of amides is 1. The van der Waals surface area contributed by atoms with Crippen molar-refractivity contribution in [1.29, 1.82) is 0 Å². The molecule has 3 nitrogen and oxygen atoms in total. The highest BCUT2D eigenvalue weighted by Gasteiger charge is 2.17. The molecular formula is C14H19ClFNO2. The summed E-state index contributed by atoms with van der Waals surface area (Å²) in [5, 5.41) is 2.90. The minimum absolute atomic E-state index is 0.000970. The Morgan fingerprint density at radius 2 is 2.16 bits per heavy atom. The van der Waals surface area contributed by atoms with Crippen LogP contribution in [0.25, 0.3) is 0 Å². The van der Waals surface area contributed by atoms with Crippen molar-refractivity contribution in [2.45, 2.75) is 26.3 Å². The summed E-state index contributed by atoms with van der Waals surface area (Å²) in [7, 11) is 1.37. The van der Waals surface area contributed by atoms with Crippen molar-refractivity contribution in [3.63, 3.8) is 0 Å². The molecule has 1 unspecified atom stereocenters. The van der Waals surface area contributed by atoms with Gasteiger partial charge >= 0.3 is 0 Å². The van der Waals surface area contributed by atoms with Crippen LogP contribution in [-0.2, 0) is 0 Å². The Morgan fingerprint density at radius 3 is 2.68 bits per heavy atom. The van der Waals surface area contributed by atoms with Crippen LogP contribution < -0.4 is 10.1 Å². The van der Waals surface area contributed by atoms with Crippen LogP contribution in [-0.4, -0.2) is 24.9 Å². The van der Waals surface area contributed by atoms with E-state index < -0.39 is 5.82 Å². The predicted molar refractivity (Wildman–Crippen MR) is 74.4 cm³/mol. The Balaban J connectivity index is 2.82. The fourth-order valence-corrected chi connectivity index (χ4v) is 1.98. The topological polar surface area (TPSA) is 38.3 Å². The Kier molecular flexibility index (Phi) is 6.09. The number of carbonyl (C=O) groups excluding carboxylic acids is 1. The van der Waals surface area contributed by atoms with Crippen LogP contribution in [0.5, 0.6) is 5.75 Å².